The van der Waals surface area contributed by atoms with Crippen LogP contribution >= 0.6 is 0 Å². The summed E-state index contributed by atoms with van der Waals surface area (Å²) in [6.45, 7) is 0. The van der Waals surface area contributed by atoms with E-state index in [0.29, 0.717) is 0 Å². The SMILES string of the molecule is [Mn+2].[O-2].[O]=[Bi+]. The molecule has 0 saturated heterocycles. The topological polar surface area (TPSA) is 45.6 Å². The molecular weight excluding hydrogens is 296 g/mol. The van der Waals surface area contributed by atoms with Gasteiger partial charge in [-0.15, -0.1) is 0 Å². The summed E-state index contributed by atoms with van der Waals surface area (Å²) < 4.78 is 8.36. The van der Waals surface area contributed by atoms with E-state index in [1.165, 1.54) is 0 Å². The Morgan fingerprint density at radius 2 is 1.25 bits per heavy atom. The molecule has 0 aromatic carbocycles. The van der Waals surface area contributed by atoms with E-state index in [1.807, 2.05) is 0 Å². The Morgan fingerprint density at radius 3 is 1.25 bits per heavy atom. The molecule has 4 heavy (non-hydrogen) atoms. The number of hydrogen-bond donors (Lipinski definition) is 0. The van der Waals surface area contributed by atoms with E-state index in [0.717, 1.165) is 0 Å². The maximum atomic E-state index is 8.36. The Hall–Kier alpha value is 1.16. The Balaban J connectivity index is -0.00000000500. The van der Waals surface area contributed by atoms with Crippen molar-refractivity contribution in [3.8, 4) is 0 Å². The van der Waals surface area contributed by atoms with Gasteiger partial charge in [0.25, 0.3) is 0 Å². The molecule has 0 amide bonds. The van der Waals surface area contributed by atoms with Crippen LogP contribution in [0.1, 0.15) is 0 Å². The first kappa shape index (κ1) is 19.1. The van der Waals surface area contributed by atoms with Crippen molar-refractivity contribution < 1.29 is 25.4 Å². The van der Waals surface area contributed by atoms with Gasteiger partial charge in [-0.25, -0.2) is 0 Å². The fraction of sp³-hybridized carbons (Fsp3) is 0. The third-order valence-corrected chi connectivity index (χ3v) is 0. The van der Waals surface area contributed by atoms with Gasteiger partial charge in [0.2, 0.25) is 0 Å². The van der Waals surface area contributed by atoms with Crippen molar-refractivity contribution in [2.24, 2.45) is 0 Å². The molecule has 3 radical (unpaired) electrons. The molecule has 2 nitrogen and oxygen atoms in total. The zero-order valence-electron chi connectivity index (χ0n) is 1.64. The third-order valence-electron chi connectivity index (χ3n) is 0. The van der Waals surface area contributed by atoms with E-state index in [9.17, 15) is 0 Å². The van der Waals surface area contributed by atoms with Gasteiger partial charge in [-0.3, -0.25) is 0 Å². The molecule has 0 aliphatic carbocycles. The van der Waals surface area contributed by atoms with Crippen LogP contribution < -0.4 is 0 Å². The van der Waals surface area contributed by atoms with E-state index >= 15 is 0 Å². The Bertz CT molecular complexity index is 6.00. The van der Waals surface area contributed by atoms with Crippen molar-refractivity contribution in [2.75, 3.05) is 0 Å². The monoisotopic (exact) mass is 296 g/mol. The molecule has 0 bridgehead atoms. The molecule has 0 saturated carbocycles. The van der Waals surface area contributed by atoms with Gasteiger partial charge >= 0.3 is 44.6 Å². The van der Waals surface area contributed by atoms with Crippen molar-refractivity contribution in [2.45, 2.75) is 0 Å². The molecular formula is BiMnO2+. The maximum absolute atomic E-state index is 8.36. The molecule has 0 aliphatic rings. The first-order valence-corrected chi connectivity index (χ1v) is 1.60. The fourth-order valence-corrected chi connectivity index (χ4v) is 0. The van der Waals surface area contributed by atoms with E-state index in [-0.39, 0.29) is 47.3 Å². The molecule has 0 aromatic heterocycles. The van der Waals surface area contributed by atoms with Crippen molar-refractivity contribution in [3.63, 3.8) is 0 Å². The molecule has 23 valence electrons. The van der Waals surface area contributed by atoms with Crippen molar-refractivity contribution in [1.29, 1.82) is 0 Å². The van der Waals surface area contributed by atoms with Gasteiger partial charge in [0.05, 0.1) is 0 Å². The molecule has 0 atom stereocenters. The average molecular weight is 296 g/mol. The van der Waals surface area contributed by atoms with Crippen LogP contribution in [0.3, 0.4) is 0 Å². The second-order valence-corrected chi connectivity index (χ2v) is 0. The standard InChI is InChI=1S/Bi.Mn.2O/q+1;+2;;-2. The Morgan fingerprint density at radius 1 is 1.25 bits per heavy atom. The normalized spacial score (nSPS) is 1.00. The molecule has 0 unspecified atom stereocenters. The van der Waals surface area contributed by atoms with E-state index < -0.39 is 0 Å². The zero-order valence-corrected chi connectivity index (χ0v) is 6.30. The summed E-state index contributed by atoms with van der Waals surface area (Å²) in [7, 11) is 0. The van der Waals surface area contributed by atoms with Crippen LogP contribution in [-0.2, 0) is 25.4 Å². The molecule has 0 aromatic rings. The quantitative estimate of drug-likeness (QED) is 0.550. The second-order valence-electron chi connectivity index (χ2n) is 0. The summed E-state index contributed by atoms with van der Waals surface area (Å²) in [4.78, 5) is 0. The second kappa shape index (κ2) is 30.8. The predicted octanol–water partition coefficient (Wildman–Crippen LogP) is -0.621. The van der Waals surface area contributed by atoms with Crippen LogP contribution in [0.2, 0.25) is 0 Å². The molecule has 0 rings (SSSR count). The molecule has 0 fully saturated rings. The summed E-state index contributed by atoms with van der Waals surface area (Å²) in [5, 5.41) is 0. The summed E-state index contributed by atoms with van der Waals surface area (Å²) in [5.74, 6) is 0. The zero-order chi connectivity index (χ0) is 2.00. The summed E-state index contributed by atoms with van der Waals surface area (Å²) >= 11 is 0.194. The minimum absolute atomic E-state index is 0. The number of hydrogen-bond acceptors (Lipinski definition) is 1. The van der Waals surface area contributed by atoms with E-state index in [1.54, 1.807) is 0 Å². The average Bonchev–Trinajstić information content (AvgIpc) is 1.00. The summed E-state index contributed by atoms with van der Waals surface area (Å²) in [6, 6.07) is 0. The predicted molar refractivity (Wildman–Crippen MR) is 7.13 cm³/mol. The van der Waals surface area contributed by atoms with Crippen LogP contribution in [0.25, 0.3) is 0 Å². The molecule has 0 heterocycles. The van der Waals surface area contributed by atoms with Gasteiger partial charge in [-0.05, 0) is 0 Å². The van der Waals surface area contributed by atoms with Crippen LogP contribution in [0, 0.1) is 0 Å². The minimum atomic E-state index is 0. The van der Waals surface area contributed by atoms with Gasteiger partial charge in [0.1, 0.15) is 0 Å². The number of rotatable bonds is 0. The first-order chi connectivity index (χ1) is 1.00. The Kier molecular flexibility index (Phi) is 147. The van der Waals surface area contributed by atoms with Crippen LogP contribution in [0.4, 0.5) is 0 Å². The summed E-state index contributed by atoms with van der Waals surface area (Å²) in [6.07, 6.45) is 0. The van der Waals surface area contributed by atoms with Crippen molar-refractivity contribution in [3.05, 3.63) is 0 Å². The van der Waals surface area contributed by atoms with E-state index in [2.05, 4.69) is 0 Å². The molecule has 4 heteroatoms. The van der Waals surface area contributed by atoms with Crippen LogP contribution in [-0.4, -0.2) is 24.7 Å². The Labute approximate surface area is 50.0 Å². The van der Waals surface area contributed by atoms with Crippen LogP contribution in [0.5, 0.6) is 0 Å². The van der Waals surface area contributed by atoms with Crippen molar-refractivity contribution >= 4 is 24.7 Å². The third kappa shape index (κ3) is 10.9. The molecule has 0 aliphatic heterocycles. The summed E-state index contributed by atoms with van der Waals surface area (Å²) in [5.41, 5.74) is 0. The fourth-order valence-electron chi connectivity index (χ4n) is 0. The van der Waals surface area contributed by atoms with Gasteiger partial charge in [-0.2, -0.15) is 0 Å². The van der Waals surface area contributed by atoms with Gasteiger partial charge in [-0.1, -0.05) is 0 Å². The molecule has 0 spiro atoms. The van der Waals surface area contributed by atoms with Crippen molar-refractivity contribution in [1.82, 2.24) is 0 Å². The first-order valence-electron chi connectivity index (χ1n) is 0.183. The van der Waals surface area contributed by atoms with E-state index in [4.69, 9.17) is 2.81 Å². The van der Waals surface area contributed by atoms with Gasteiger partial charge < -0.3 is 5.48 Å². The van der Waals surface area contributed by atoms with Gasteiger partial charge in [0.15, 0.2) is 0 Å². The van der Waals surface area contributed by atoms with Gasteiger partial charge in [0, 0.05) is 0 Å². The van der Waals surface area contributed by atoms with Crippen LogP contribution in [0.15, 0.2) is 0 Å². The molecule has 0 N–H and O–H groups in total.